The summed E-state index contributed by atoms with van der Waals surface area (Å²) >= 11 is 12.5. The van der Waals surface area contributed by atoms with Crippen molar-refractivity contribution in [2.45, 2.75) is 5.92 Å². The van der Waals surface area contributed by atoms with Gasteiger partial charge in [-0.25, -0.2) is 9.97 Å². The lowest BCUT2D eigenvalue weighted by atomic mass is 9.95. The minimum atomic E-state index is -0.836. The predicted octanol–water partition coefficient (Wildman–Crippen LogP) is 4.93. The first-order valence-corrected chi connectivity index (χ1v) is 8.70. The molecule has 0 fully saturated rings. The summed E-state index contributed by atoms with van der Waals surface area (Å²) in [5.41, 5.74) is 2.32. The molecule has 0 saturated heterocycles. The van der Waals surface area contributed by atoms with E-state index < -0.39 is 5.92 Å². The van der Waals surface area contributed by atoms with Crippen LogP contribution < -0.4 is 5.32 Å². The fourth-order valence-corrected chi connectivity index (χ4v) is 3.26. The average Bonchev–Trinajstić information content (AvgIpc) is 2.71. The van der Waals surface area contributed by atoms with Gasteiger partial charge in [0.15, 0.2) is 0 Å². The van der Waals surface area contributed by atoms with Gasteiger partial charge >= 0.3 is 0 Å². The number of nitriles is 3. The first kappa shape index (κ1) is 19.1. The Balaban J connectivity index is 1.95. The van der Waals surface area contributed by atoms with Crippen molar-refractivity contribution < 1.29 is 0 Å². The normalized spacial score (nSPS) is 11.0. The van der Waals surface area contributed by atoms with Crippen LogP contribution in [-0.2, 0) is 0 Å². The van der Waals surface area contributed by atoms with Gasteiger partial charge in [0, 0.05) is 27.5 Å². The molecule has 28 heavy (non-hydrogen) atoms. The maximum absolute atomic E-state index is 9.70. The maximum atomic E-state index is 9.70. The highest BCUT2D eigenvalue weighted by Crippen LogP contribution is 2.36. The third-order valence-corrected chi connectivity index (χ3v) is 4.49. The summed E-state index contributed by atoms with van der Waals surface area (Å²) in [6, 6.07) is 17.5. The van der Waals surface area contributed by atoms with Crippen molar-refractivity contribution in [3.63, 3.8) is 0 Å². The van der Waals surface area contributed by atoms with Gasteiger partial charge in [0.05, 0.1) is 35.0 Å². The zero-order chi connectivity index (χ0) is 20.1. The molecule has 8 heteroatoms. The third-order valence-electron chi connectivity index (χ3n) is 3.87. The summed E-state index contributed by atoms with van der Waals surface area (Å²) in [4.78, 5) is 8.55. The molecule has 1 aromatic heterocycles. The van der Waals surface area contributed by atoms with Crippen molar-refractivity contribution in [2.75, 3.05) is 5.32 Å². The molecule has 0 saturated carbocycles. The Morgan fingerprint density at radius 1 is 0.893 bits per heavy atom. The van der Waals surface area contributed by atoms with Crippen LogP contribution in [0.4, 0.5) is 11.6 Å². The molecule has 134 valence electrons. The lowest BCUT2D eigenvalue weighted by Gasteiger charge is -2.14. The Kier molecular flexibility index (Phi) is 5.72. The second kappa shape index (κ2) is 8.37. The summed E-state index contributed by atoms with van der Waals surface area (Å²) in [6.07, 6.45) is 1.52. The molecule has 0 radical (unpaired) electrons. The van der Waals surface area contributed by atoms with Crippen molar-refractivity contribution in [1.82, 2.24) is 9.97 Å². The molecule has 0 aliphatic carbocycles. The van der Waals surface area contributed by atoms with Crippen molar-refractivity contribution in [2.24, 2.45) is 0 Å². The first-order chi connectivity index (χ1) is 13.5. The van der Waals surface area contributed by atoms with Crippen LogP contribution in [0.25, 0.3) is 0 Å². The van der Waals surface area contributed by atoms with E-state index in [1.165, 1.54) is 18.3 Å². The molecule has 1 atom stereocenters. The summed E-state index contributed by atoms with van der Waals surface area (Å²) in [5, 5.41) is 31.0. The molecular formula is C20H10Cl2N6. The molecule has 0 aliphatic heterocycles. The highest BCUT2D eigenvalue weighted by molar-refractivity contribution is 6.36. The van der Waals surface area contributed by atoms with Gasteiger partial charge in [-0.3, -0.25) is 0 Å². The van der Waals surface area contributed by atoms with E-state index in [0.717, 1.165) is 0 Å². The number of aromatic nitrogens is 2. The molecular weight excluding hydrogens is 395 g/mol. The fourth-order valence-electron chi connectivity index (χ4n) is 2.55. The molecule has 0 spiro atoms. The molecule has 1 unspecified atom stereocenters. The lowest BCUT2D eigenvalue weighted by molar-refractivity contribution is 0.948. The van der Waals surface area contributed by atoms with Gasteiger partial charge in [-0.1, -0.05) is 23.2 Å². The zero-order valence-corrected chi connectivity index (χ0v) is 15.7. The van der Waals surface area contributed by atoms with Crippen molar-refractivity contribution in [3.05, 3.63) is 81.1 Å². The van der Waals surface area contributed by atoms with Crippen LogP contribution in [0.15, 0.2) is 48.7 Å². The van der Waals surface area contributed by atoms with E-state index in [4.69, 9.17) is 33.7 Å². The molecule has 0 amide bonds. The van der Waals surface area contributed by atoms with Crippen molar-refractivity contribution in [1.29, 1.82) is 15.8 Å². The number of nitrogens with zero attached hydrogens (tertiary/aromatic N) is 5. The SMILES string of the molecule is N#Cc1ccc(Nc2nccc(C(C#N)c3c(Cl)cc(C#N)cc3Cl)n2)cc1. The van der Waals surface area contributed by atoms with Gasteiger partial charge in [0.1, 0.15) is 5.92 Å². The van der Waals surface area contributed by atoms with Crippen LogP contribution in [0.3, 0.4) is 0 Å². The van der Waals surface area contributed by atoms with Crippen molar-refractivity contribution in [3.8, 4) is 18.2 Å². The largest absolute Gasteiger partial charge is 0.324 e. The van der Waals surface area contributed by atoms with Gasteiger partial charge in [-0.2, -0.15) is 15.8 Å². The van der Waals surface area contributed by atoms with Gasteiger partial charge in [-0.05, 0) is 42.5 Å². The number of hydrogen-bond donors (Lipinski definition) is 1. The Bertz CT molecular complexity index is 1130. The minimum absolute atomic E-state index is 0.218. The van der Waals surface area contributed by atoms with Crippen molar-refractivity contribution >= 4 is 34.8 Å². The lowest BCUT2D eigenvalue weighted by Crippen LogP contribution is -2.06. The third kappa shape index (κ3) is 4.03. The van der Waals surface area contributed by atoms with Crippen LogP contribution in [-0.4, -0.2) is 9.97 Å². The first-order valence-electron chi connectivity index (χ1n) is 7.94. The minimum Gasteiger partial charge on any atom is -0.324 e. The summed E-state index contributed by atoms with van der Waals surface area (Å²) in [6.45, 7) is 0. The van der Waals surface area contributed by atoms with E-state index >= 15 is 0 Å². The van der Waals surface area contributed by atoms with Crippen LogP contribution in [0, 0.1) is 34.0 Å². The Morgan fingerprint density at radius 2 is 1.54 bits per heavy atom. The predicted molar refractivity (Wildman–Crippen MR) is 105 cm³/mol. The van der Waals surface area contributed by atoms with Gasteiger partial charge in [-0.15, -0.1) is 0 Å². The zero-order valence-electron chi connectivity index (χ0n) is 14.2. The highest BCUT2D eigenvalue weighted by atomic mass is 35.5. The van der Waals surface area contributed by atoms with E-state index in [1.54, 1.807) is 30.3 Å². The molecule has 6 nitrogen and oxygen atoms in total. The van der Waals surface area contributed by atoms with E-state index in [0.29, 0.717) is 28.1 Å². The van der Waals surface area contributed by atoms with Crippen LogP contribution in [0.1, 0.15) is 28.3 Å². The molecule has 0 aliphatic rings. The van der Waals surface area contributed by atoms with E-state index in [2.05, 4.69) is 21.4 Å². The Morgan fingerprint density at radius 3 is 2.11 bits per heavy atom. The maximum Gasteiger partial charge on any atom is 0.227 e. The molecule has 1 N–H and O–H groups in total. The average molecular weight is 405 g/mol. The van der Waals surface area contributed by atoms with Gasteiger partial charge in [0.25, 0.3) is 0 Å². The molecule has 2 aromatic carbocycles. The monoisotopic (exact) mass is 404 g/mol. The molecule has 3 aromatic rings. The Labute approximate surface area is 171 Å². The summed E-state index contributed by atoms with van der Waals surface area (Å²) in [7, 11) is 0. The topological polar surface area (TPSA) is 109 Å². The summed E-state index contributed by atoms with van der Waals surface area (Å²) in [5.74, 6) is -0.555. The number of benzene rings is 2. The number of hydrogen-bond acceptors (Lipinski definition) is 6. The van der Waals surface area contributed by atoms with Gasteiger partial charge < -0.3 is 5.32 Å². The number of halogens is 2. The smallest absolute Gasteiger partial charge is 0.227 e. The number of rotatable bonds is 4. The molecule has 1 heterocycles. The molecule has 3 rings (SSSR count). The Hall–Kier alpha value is -3.63. The van der Waals surface area contributed by atoms with E-state index in [-0.39, 0.29) is 16.0 Å². The number of nitrogens with one attached hydrogen (secondary N) is 1. The second-order valence-corrected chi connectivity index (χ2v) is 6.46. The van der Waals surface area contributed by atoms with E-state index in [9.17, 15) is 5.26 Å². The van der Waals surface area contributed by atoms with Crippen LogP contribution in [0.2, 0.25) is 10.0 Å². The quantitative estimate of drug-likeness (QED) is 0.660. The van der Waals surface area contributed by atoms with Gasteiger partial charge in [0.2, 0.25) is 5.95 Å². The van der Waals surface area contributed by atoms with E-state index in [1.807, 2.05) is 12.1 Å². The van der Waals surface area contributed by atoms with Crippen LogP contribution >= 0.6 is 23.2 Å². The highest BCUT2D eigenvalue weighted by Gasteiger charge is 2.22. The number of anilines is 2. The summed E-state index contributed by atoms with van der Waals surface area (Å²) < 4.78 is 0. The second-order valence-electron chi connectivity index (χ2n) is 5.65. The van der Waals surface area contributed by atoms with Crippen LogP contribution in [0.5, 0.6) is 0 Å². The standard InChI is InChI=1S/C20H10Cl2N6/c21-16-7-13(10-24)8-17(22)19(16)15(11-25)18-5-6-26-20(28-18)27-14-3-1-12(9-23)2-4-14/h1-8,15H,(H,26,27,28). The molecule has 0 bridgehead atoms. The fraction of sp³-hybridized carbons (Fsp3) is 0.0500.